The molecular weight excluding hydrogens is 899 g/mol. The number of methoxy groups -OCH3 is 2. The van der Waals surface area contributed by atoms with Gasteiger partial charge in [0.25, 0.3) is 5.92 Å². The SMILES string of the molecule is CC[C@@H](c1nc2ccc(-c3ccc4c(c3)C(F)(F)c3cc(-c5cnc([C@@H]6CC7(CC7)CN6C(=O)[C@H](NC(=O)OC)C(C)C)[nH]5)ccc3-4)cc2[nH]1)N(C(=O)[C@H](CCS(C)(=O)=O)NC(=O)OC)C(C)C. The third-order valence-electron chi connectivity index (χ3n) is 13.6. The molecule has 2 aliphatic carbocycles. The van der Waals surface area contributed by atoms with Crippen LogP contribution < -0.4 is 10.6 Å². The Morgan fingerprint density at radius 2 is 1.51 bits per heavy atom. The number of nitrogens with one attached hydrogen (secondary N) is 4. The first kappa shape index (κ1) is 48.1. The van der Waals surface area contributed by atoms with E-state index in [4.69, 9.17) is 14.5 Å². The fourth-order valence-electron chi connectivity index (χ4n) is 9.80. The van der Waals surface area contributed by atoms with Crippen LogP contribution in [0, 0.1) is 11.3 Å². The van der Waals surface area contributed by atoms with E-state index in [2.05, 4.69) is 25.6 Å². The fraction of sp³-hybridized carbons (Fsp3) is 0.469. The zero-order chi connectivity index (χ0) is 49.0. The number of alkyl halides is 2. The normalized spacial score (nSPS) is 18.0. The van der Waals surface area contributed by atoms with Gasteiger partial charge in [0.15, 0.2) is 0 Å². The number of hydrogen-bond acceptors (Lipinski definition) is 10. The lowest BCUT2D eigenvalue weighted by atomic mass is 9.98. The number of ether oxygens (including phenoxy) is 2. The molecular formula is C49H58F2N8O8S. The highest BCUT2D eigenvalue weighted by atomic mass is 32.2. The lowest BCUT2D eigenvalue weighted by Gasteiger charge is -2.36. The lowest BCUT2D eigenvalue weighted by Crippen LogP contribution is -2.52. The van der Waals surface area contributed by atoms with Gasteiger partial charge in [-0.05, 0) is 104 Å². The van der Waals surface area contributed by atoms with Crippen LogP contribution in [0.15, 0.2) is 60.8 Å². The minimum absolute atomic E-state index is 0.00913. The minimum Gasteiger partial charge on any atom is -0.453 e. The monoisotopic (exact) mass is 956 g/mol. The summed E-state index contributed by atoms with van der Waals surface area (Å²) in [6.07, 6.45) is 4.06. The molecule has 4 N–H and O–H groups in total. The summed E-state index contributed by atoms with van der Waals surface area (Å²) in [6.45, 7) is 9.78. The Hall–Kier alpha value is -6.37. The number of amides is 4. The molecule has 16 nitrogen and oxygen atoms in total. The summed E-state index contributed by atoms with van der Waals surface area (Å²) in [7, 11) is -1.05. The third kappa shape index (κ3) is 9.28. The highest BCUT2D eigenvalue weighted by molar-refractivity contribution is 7.90. The molecule has 68 heavy (non-hydrogen) atoms. The molecule has 3 aliphatic rings. The number of alkyl carbamates (subject to hydrolysis) is 2. The van der Waals surface area contributed by atoms with Gasteiger partial charge < -0.3 is 39.9 Å². The molecule has 2 aromatic heterocycles. The minimum atomic E-state index is -3.46. The van der Waals surface area contributed by atoms with E-state index in [1.54, 1.807) is 46.3 Å². The molecule has 19 heteroatoms. The highest BCUT2D eigenvalue weighted by Crippen LogP contribution is 2.58. The van der Waals surface area contributed by atoms with Crippen LogP contribution in [0.2, 0.25) is 0 Å². The first-order valence-corrected chi connectivity index (χ1v) is 25.0. The number of benzene rings is 3. The molecule has 3 aromatic carbocycles. The number of carbonyl (C=O) groups excluding carboxylic acids is 4. The van der Waals surface area contributed by atoms with E-state index < -0.39 is 52.0 Å². The van der Waals surface area contributed by atoms with Gasteiger partial charge in [0.1, 0.15) is 33.6 Å². The van der Waals surface area contributed by atoms with Gasteiger partial charge >= 0.3 is 12.2 Å². The van der Waals surface area contributed by atoms with E-state index in [0.717, 1.165) is 26.2 Å². The van der Waals surface area contributed by atoms with Crippen LogP contribution in [0.4, 0.5) is 18.4 Å². The molecule has 5 aromatic rings. The number of fused-ring (bicyclic) bond motifs is 4. The van der Waals surface area contributed by atoms with Crippen LogP contribution in [-0.4, -0.2) is 113 Å². The maximum absolute atomic E-state index is 16.7. The van der Waals surface area contributed by atoms with Crippen molar-refractivity contribution in [3.63, 3.8) is 0 Å². The van der Waals surface area contributed by atoms with Crippen molar-refractivity contribution >= 4 is 44.9 Å². The van der Waals surface area contributed by atoms with Crippen molar-refractivity contribution in [2.24, 2.45) is 11.3 Å². The number of aromatic amines is 2. The van der Waals surface area contributed by atoms with Gasteiger partial charge in [-0.1, -0.05) is 51.1 Å². The molecule has 1 saturated heterocycles. The van der Waals surface area contributed by atoms with E-state index in [1.807, 2.05) is 46.8 Å². The van der Waals surface area contributed by atoms with Gasteiger partial charge in [-0.25, -0.2) is 28.0 Å². The number of carbonyl (C=O) groups is 4. The second-order valence-electron chi connectivity index (χ2n) is 19.0. The number of sulfone groups is 1. The van der Waals surface area contributed by atoms with Crippen LogP contribution in [0.1, 0.15) is 102 Å². The molecule has 2 fully saturated rings. The average molecular weight is 957 g/mol. The largest absolute Gasteiger partial charge is 0.453 e. The molecule has 0 unspecified atom stereocenters. The third-order valence-corrected chi connectivity index (χ3v) is 14.6. The van der Waals surface area contributed by atoms with Crippen molar-refractivity contribution in [3.8, 4) is 33.5 Å². The first-order valence-electron chi connectivity index (χ1n) is 22.9. The number of nitrogens with zero attached hydrogens (tertiary/aromatic N) is 4. The number of hydrogen-bond donors (Lipinski definition) is 4. The van der Waals surface area contributed by atoms with Crippen molar-refractivity contribution in [2.75, 3.05) is 32.8 Å². The molecule has 1 aliphatic heterocycles. The molecule has 1 spiro atoms. The molecule has 8 rings (SSSR count). The molecule has 4 atom stereocenters. The Balaban J connectivity index is 1.03. The van der Waals surface area contributed by atoms with Gasteiger partial charge in [0.2, 0.25) is 11.8 Å². The van der Waals surface area contributed by atoms with Crippen LogP contribution in [0.25, 0.3) is 44.5 Å². The van der Waals surface area contributed by atoms with E-state index in [-0.39, 0.29) is 52.6 Å². The second-order valence-corrected chi connectivity index (χ2v) is 21.3. The Bertz CT molecular complexity index is 2890. The highest BCUT2D eigenvalue weighted by Gasteiger charge is 2.55. The Morgan fingerprint density at radius 1 is 0.897 bits per heavy atom. The van der Waals surface area contributed by atoms with Crippen LogP contribution in [-0.2, 0) is 34.8 Å². The van der Waals surface area contributed by atoms with Crippen LogP contribution in [0.5, 0.6) is 0 Å². The van der Waals surface area contributed by atoms with Gasteiger partial charge in [0.05, 0.1) is 55.0 Å². The predicted molar refractivity (Wildman–Crippen MR) is 251 cm³/mol. The van der Waals surface area contributed by atoms with E-state index in [1.165, 1.54) is 19.2 Å². The number of H-pyrrole nitrogens is 2. The van der Waals surface area contributed by atoms with Gasteiger partial charge in [-0.2, -0.15) is 8.78 Å². The Labute approximate surface area is 393 Å². The second kappa shape index (κ2) is 18.3. The van der Waals surface area contributed by atoms with E-state index in [0.29, 0.717) is 75.6 Å². The predicted octanol–water partition coefficient (Wildman–Crippen LogP) is 8.02. The summed E-state index contributed by atoms with van der Waals surface area (Å²) >= 11 is 0. The summed E-state index contributed by atoms with van der Waals surface area (Å²) in [5, 5.41) is 5.19. The summed E-state index contributed by atoms with van der Waals surface area (Å²) in [5.41, 5.74) is 4.05. The maximum atomic E-state index is 16.7. The van der Waals surface area contributed by atoms with Crippen LogP contribution >= 0.6 is 0 Å². The molecule has 4 amide bonds. The molecule has 1 saturated carbocycles. The Morgan fingerprint density at radius 3 is 2.12 bits per heavy atom. The molecule has 3 heterocycles. The summed E-state index contributed by atoms with van der Waals surface area (Å²) in [4.78, 5) is 72.0. The number of halogens is 2. The van der Waals surface area contributed by atoms with Crippen molar-refractivity contribution in [3.05, 3.63) is 83.6 Å². The topological polar surface area (TPSA) is 209 Å². The van der Waals surface area contributed by atoms with Crippen molar-refractivity contribution in [1.82, 2.24) is 40.4 Å². The Kier molecular flexibility index (Phi) is 12.9. The van der Waals surface area contributed by atoms with Crippen molar-refractivity contribution in [2.45, 2.75) is 103 Å². The van der Waals surface area contributed by atoms with Gasteiger partial charge in [0, 0.05) is 35.5 Å². The average Bonchev–Trinajstić information content (AvgIpc) is 3.62. The standard InChI is InChI=1S/C49H58F2N8O8S/c1-9-39(59(27(4)5)44(60)36(56-46(62)66-6)16-19-68(8,64)65)43-53-35-15-12-29(22-37(35)54-43)28-10-13-31-32-14-11-30(21-34(32)49(50,51)33(31)20-28)38-24-52-42(55-38)40-23-48(17-18-48)25-58(40)45(61)41(26(2)3)57-47(63)67-7/h10-15,20-22,24,26-27,36,39-41H,9,16-19,23,25H2,1-8H3,(H,52,55)(H,53,54)(H,56,62)(H,57,63)/t36-,39-,40-,41+/m0/s1. The first-order chi connectivity index (χ1) is 32.2. The zero-order valence-corrected chi connectivity index (χ0v) is 40.2. The van der Waals surface area contributed by atoms with Gasteiger partial charge in [-0.15, -0.1) is 0 Å². The number of rotatable bonds is 15. The maximum Gasteiger partial charge on any atom is 0.407 e. The van der Waals surface area contributed by atoms with E-state index >= 15 is 8.78 Å². The van der Waals surface area contributed by atoms with Crippen molar-refractivity contribution in [1.29, 1.82) is 0 Å². The van der Waals surface area contributed by atoms with E-state index in [9.17, 15) is 27.6 Å². The number of aromatic nitrogens is 4. The summed E-state index contributed by atoms with van der Waals surface area (Å²) < 4.78 is 67.0. The summed E-state index contributed by atoms with van der Waals surface area (Å²) in [6, 6.07) is 12.1. The zero-order valence-electron chi connectivity index (χ0n) is 39.4. The smallest absolute Gasteiger partial charge is 0.407 e. The van der Waals surface area contributed by atoms with Crippen LogP contribution in [0.3, 0.4) is 0 Å². The van der Waals surface area contributed by atoms with Crippen molar-refractivity contribution < 1.29 is 45.9 Å². The molecule has 0 bridgehead atoms. The fourth-order valence-corrected chi connectivity index (χ4v) is 10.5. The van der Waals surface area contributed by atoms with Gasteiger partial charge in [-0.3, -0.25) is 9.59 Å². The molecule has 362 valence electrons. The lowest BCUT2D eigenvalue weighted by molar-refractivity contribution is -0.138. The number of likely N-dealkylation sites (tertiary alicyclic amines) is 1. The number of imidazole rings is 2. The molecule has 0 radical (unpaired) electrons. The quantitative estimate of drug-likeness (QED) is 0.0794. The summed E-state index contributed by atoms with van der Waals surface area (Å²) in [5.74, 6) is -3.56.